The third kappa shape index (κ3) is 3.39. The summed E-state index contributed by atoms with van der Waals surface area (Å²) in [5.41, 5.74) is 5.32. The van der Waals surface area contributed by atoms with Crippen molar-refractivity contribution in [1.82, 2.24) is 5.32 Å². The van der Waals surface area contributed by atoms with Gasteiger partial charge in [0.15, 0.2) is 0 Å². The van der Waals surface area contributed by atoms with Crippen molar-refractivity contribution >= 4 is 34.7 Å². The van der Waals surface area contributed by atoms with Crippen molar-refractivity contribution in [1.29, 1.82) is 0 Å². The minimum Gasteiger partial charge on any atom is -0.409 e. The zero-order chi connectivity index (χ0) is 12.1. The number of amidine groups is 1. The van der Waals surface area contributed by atoms with E-state index in [1.54, 1.807) is 18.4 Å². The molecule has 0 aliphatic rings. The lowest BCUT2D eigenvalue weighted by Gasteiger charge is -2.12. The molecular formula is C9H12ClN3O2S. The maximum atomic E-state index is 11.7. The topological polar surface area (TPSA) is 87.7 Å². The summed E-state index contributed by atoms with van der Waals surface area (Å²) >= 11 is 7.08. The summed E-state index contributed by atoms with van der Waals surface area (Å²) in [5, 5.41) is 16.1. The smallest absolute Gasteiger partial charge is 0.263 e. The molecule has 1 aromatic heterocycles. The van der Waals surface area contributed by atoms with Gasteiger partial charge < -0.3 is 16.3 Å². The summed E-state index contributed by atoms with van der Waals surface area (Å²) in [4.78, 5) is 12.1. The lowest BCUT2D eigenvalue weighted by molar-refractivity contribution is 0.0945. The zero-order valence-electron chi connectivity index (χ0n) is 8.61. The van der Waals surface area contributed by atoms with Crippen LogP contribution in [0.4, 0.5) is 0 Å². The fraction of sp³-hybridized carbons (Fsp3) is 0.333. The predicted molar refractivity (Wildman–Crippen MR) is 64.3 cm³/mol. The first-order valence-electron chi connectivity index (χ1n) is 4.55. The van der Waals surface area contributed by atoms with E-state index in [1.807, 2.05) is 0 Å². The molecule has 1 heterocycles. The minimum absolute atomic E-state index is 0.0741. The second kappa shape index (κ2) is 5.72. The van der Waals surface area contributed by atoms with Gasteiger partial charge in [0.2, 0.25) is 0 Å². The molecule has 0 bridgehead atoms. The van der Waals surface area contributed by atoms with Crippen LogP contribution in [0, 0.1) is 0 Å². The molecule has 1 amide bonds. The van der Waals surface area contributed by atoms with Crippen molar-refractivity contribution < 1.29 is 10.0 Å². The van der Waals surface area contributed by atoms with Gasteiger partial charge in [-0.25, -0.2) is 0 Å². The third-order valence-corrected chi connectivity index (χ3v) is 3.18. The number of nitrogens with one attached hydrogen (secondary N) is 1. The van der Waals surface area contributed by atoms with Crippen molar-refractivity contribution in [2.75, 3.05) is 0 Å². The summed E-state index contributed by atoms with van der Waals surface area (Å²) < 4.78 is 0. The molecule has 0 aliphatic heterocycles. The van der Waals surface area contributed by atoms with Crippen LogP contribution in [0.15, 0.2) is 16.6 Å². The van der Waals surface area contributed by atoms with Crippen LogP contribution in [0.3, 0.4) is 0 Å². The number of halogens is 1. The van der Waals surface area contributed by atoms with Gasteiger partial charge in [0.1, 0.15) is 10.7 Å². The molecular weight excluding hydrogens is 250 g/mol. The number of carbonyl (C=O) groups excluding carboxylic acids is 1. The summed E-state index contributed by atoms with van der Waals surface area (Å²) in [7, 11) is 0. The standard InChI is InChI=1S/C9H12ClN3O2S/c1-5(4-7(11)13-15)12-9(14)8-6(10)2-3-16-8/h2-3,5,15H,4H2,1H3,(H2,11,13)(H,12,14). The molecule has 0 aromatic carbocycles. The third-order valence-electron chi connectivity index (χ3n) is 1.84. The van der Waals surface area contributed by atoms with Crippen LogP contribution in [0.1, 0.15) is 23.0 Å². The zero-order valence-corrected chi connectivity index (χ0v) is 10.2. The van der Waals surface area contributed by atoms with E-state index in [4.69, 9.17) is 22.5 Å². The molecule has 1 atom stereocenters. The Hall–Kier alpha value is -1.27. The second-order valence-electron chi connectivity index (χ2n) is 3.27. The van der Waals surface area contributed by atoms with Gasteiger partial charge in [-0.15, -0.1) is 11.3 Å². The Morgan fingerprint density at radius 1 is 1.81 bits per heavy atom. The van der Waals surface area contributed by atoms with E-state index >= 15 is 0 Å². The highest BCUT2D eigenvalue weighted by Gasteiger charge is 2.14. The average molecular weight is 262 g/mol. The second-order valence-corrected chi connectivity index (χ2v) is 4.59. The number of hydrogen-bond donors (Lipinski definition) is 3. The van der Waals surface area contributed by atoms with Crippen LogP contribution in [0.5, 0.6) is 0 Å². The largest absolute Gasteiger partial charge is 0.409 e. The lowest BCUT2D eigenvalue weighted by atomic mass is 10.2. The van der Waals surface area contributed by atoms with E-state index in [0.717, 1.165) is 0 Å². The molecule has 0 aliphatic carbocycles. The van der Waals surface area contributed by atoms with E-state index in [-0.39, 0.29) is 24.2 Å². The summed E-state index contributed by atoms with van der Waals surface area (Å²) in [6.45, 7) is 1.76. The number of oxime groups is 1. The first kappa shape index (κ1) is 12.8. The lowest BCUT2D eigenvalue weighted by Crippen LogP contribution is -2.35. The maximum Gasteiger partial charge on any atom is 0.263 e. The molecule has 0 saturated heterocycles. The van der Waals surface area contributed by atoms with Gasteiger partial charge in [0, 0.05) is 12.5 Å². The summed E-state index contributed by atoms with van der Waals surface area (Å²) in [6.07, 6.45) is 0.283. The maximum absolute atomic E-state index is 11.7. The van der Waals surface area contributed by atoms with Crippen LogP contribution in [0.25, 0.3) is 0 Å². The van der Waals surface area contributed by atoms with Crippen molar-refractivity contribution in [3.8, 4) is 0 Å². The van der Waals surface area contributed by atoms with Gasteiger partial charge in [-0.1, -0.05) is 16.8 Å². The number of carbonyl (C=O) groups is 1. The van der Waals surface area contributed by atoms with Crippen LogP contribution < -0.4 is 11.1 Å². The molecule has 1 unspecified atom stereocenters. The van der Waals surface area contributed by atoms with Gasteiger partial charge in [-0.3, -0.25) is 4.79 Å². The quantitative estimate of drug-likeness (QED) is 0.333. The Balaban J connectivity index is 2.55. The number of thiophene rings is 1. The van der Waals surface area contributed by atoms with Crippen molar-refractivity contribution in [3.05, 3.63) is 21.3 Å². The molecule has 1 aromatic rings. The molecule has 7 heteroatoms. The first-order valence-corrected chi connectivity index (χ1v) is 5.80. The SMILES string of the molecule is CC(C/C(N)=N/O)NC(=O)c1sccc1Cl. The number of nitrogens with zero attached hydrogens (tertiary/aromatic N) is 1. The van der Waals surface area contributed by atoms with Crippen LogP contribution in [0.2, 0.25) is 5.02 Å². The highest BCUT2D eigenvalue weighted by Crippen LogP contribution is 2.21. The Morgan fingerprint density at radius 3 is 3.00 bits per heavy atom. The number of amides is 1. The van der Waals surface area contributed by atoms with Crippen molar-refractivity contribution in [3.63, 3.8) is 0 Å². The van der Waals surface area contributed by atoms with Gasteiger partial charge in [0.05, 0.1) is 5.02 Å². The van der Waals surface area contributed by atoms with Gasteiger partial charge in [-0.2, -0.15) is 0 Å². The molecule has 0 spiro atoms. The summed E-state index contributed by atoms with van der Waals surface area (Å²) in [6, 6.07) is 1.44. The van der Waals surface area contributed by atoms with E-state index in [1.165, 1.54) is 11.3 Å². The molecule has 0 saturated carbocycles. The minimum atomic E-state index is -0.252. The molecule has 16 heavy (non-hydrogen) atoms. The van der Waals surface area contributed by atoms with E-state index in [9.17, 15) is 4.79 Å². The average Bonchev–Trinajstić information content (AvgIpc) is 2.63. The molecule has 0 fully saturated rings. The molecule has 88 valence electrons. The Kier molecular flexibility index (Phi) is 4.57. The fourth-order valence-corrected chi connectivity index (χ4v) is 2.19. The van der Waals surface area contributed by atoms with Gasteiger partial charge in [-0.05, 0) is 18.4 Å². The predicted octanol–water partition coefficient (Wildman–Crippen LogP) is 1.66. The summed E-state index contributed by atoms with van der Waals surface area (Å²) in [5.74, 6) is -0.177. The monoisotopic (exact) mass is 261 g/mol. The number of hydrogen-bond acceptors (Lipinski definition) is 4. The highest BCUT2D eigenvalue weighted by molar-refractivity contribution is 7.12. The van der Waals surface area contributed by atoms with Crippen LogP contribution in [-0.2, 0) is 0 Å². The fourth-order valence-electron chi connectivity index (χ4n) is 1.15. The van der Waals surface area contributed by atoms with E-state index < -0.39 is 0 Å². The van der Waals surface area contributed by atoms with E-state index in [2.05, 4.69) is 10.5 Å². The van der Waals surface area contributed by atoms with Crippen LogP contribution in [-0.4, -0.2) is 23.0 Å². The Bertz CT molecular complexity index is 405. The first-order chi connectivity index (χ1) is 7.54. The highest BCUT2D eigenvalue weighted by atomic mass is 35.5. The van der Waals surface area contributed by atoms with Gasteiger partial charge >= 0.3 is 0 Å². The molecule has 0 radical (unpaired) electrons. The normalized spacial score (nSPS) is 13.5. The molecule has 4 N–H and O–H groups in total. The Labute approximate surface area is 102 Å². The van der Waals surface area contributed by atoms with Crippen molar-refractivity contribution in [2.24, 2.45) is 10.9 Å². The van der Waals surface area contributed by atoms with E-state index in [0.29, 0.717) is 9.90 Å². The van der Waals surface area contributed by atoms with Crippen molar-refractivity contribution in [2.45, 2.75) is 19.4 Å². The Morgan fingerprint density at radius 2 is 2.50 bits per heavy atom. The molecule has 1 rings (SSSR count). The molecule has 5 nitrogen and oxygen atoms in total. The number of rotatable bonds is 4. The number of nitrogens with two attached hydrogens (primary N) is 1. The van der Waals surface area contributed by atoms with Gasteiger partial charge in [0.25, 0.3) is 5.91 Å². The van der Waals surface area contributed by atoms with Crippen LogP contribution >= 0.6 is 22.9 Å².